The van der Waals surface area contributed by atoms with Crippen LogP contribution in [0, 0.1) is 18.6 Å². The Morgan fingerprint density at radius 3 is 2.53 bits per heavy atom. The number of pyridine rings is 1. The zero-order chi connectivity index (χ0) is 24.9. The molecule has 1 saturated heterocycles. The summed E-state index contributed by atoms with van der Waals surface area (Å²) in [6.07, 6.45) is -1.04. The number of aromatic nitrogens is 1. The number of carbonyl (C=O) groups excluding carboxylic acids is 2. The van der Waals surface area contributed by atoms with Crippen LogP contribution in [-0.2, 0) is 11.3 Å². The maximum Gasteiger partial charge on any atom is 0.274 e. The third kappa shape index (κ3) is 3.83. The minimum atomic E-state index is -1.40. The molecular weight excluding hydrogens is 455 g/mol. The third-order valence-corrected chi connectivity index (χ3v) is 6.58. The Morgan fingerprint density at radius 2 is 1.91 bits per heavy atom. The third-order valence-electron chi connectivity index (χ3n) is 6.58. The lowest BCUT2D eigenvalue weighted by molar-refractivity contribution is 0.0314. The van der Waals surface area contributed by atoms with Crippen molar-refractivity contribution in [1.29, 1.82) is 0 Å². The molecule has 11 heteroatoms. The van der Waals surface area contributed by atoms with Gasteiger partial charge in [-0.25, -0.2) is 13.2 Å². The summed E-state index contributed by atoms with van der Waals surface area (Å²) < 4.78 is 49.6. The molecule has 0 aliphatic carbocycles. The summed E-state index contributed by atoms with van der Waals surface area (Å²) >= 11 is 0. The standard InChI is InChI=1S/C23H24F3N3O5/c1-10-4-15(25)12(16(26)5-10)7-27-22(32)13-8-29-17-9-28(11(2)14(24)6-18(17)34-3)23(33)19(29)21(31)20(13)30/h4-5,8,11,14,17-18,31H,6-7,9H2,1-3H3,(H,27,32)/t11-,14-,17+,18+/m0/s1. The van der Waals surface area contributed by atoms with Crippen LogP contribution < -0.4 is 10.7 Å². The van der Waals surface area contributed by atoms with Gasteiger partial charge in [0, 0.05) is 38.4 Å². The van der Waals surface area contributed by atoms with Crippen molar-refractivity contribution in [2.24, 2.45) is 0 Å². The van der Waals surface area contributed by atoms with Crippen molar-refractivity contribution in [3.63, 3.8) is 0 Å². The highest BCUT2D eigenvalue weighted by Gasteiger charge is 2.46. The van der Waals surface area contributed by atoms with Crippen molar-refractivity contribution in [3.05, 3.63) is 62.6 Å². The number of halogens is 3. The molecule has 2 aliphatic rings. The molecule has 1 aromatic carbocycles. The Labute approximate surface area is 192 Å². The van der Waals surface area contributed by atoms with E-state index in [0.717, 1.165) is 18.3 Å². The molecule has 3 heterocycles. The second kappa shape index (κ2) is 8.79. The van der Waals surface area contributed by atoms with Gasteiger partial charge in [-0.1, -0.05) is 0 Å². The largest absolute Gasteiger partial charge is 0.503 e. The maximum atomic E-state index is 14.7. The van der Waals surface area contributed by atoms with Crippen molar-refractivity contribution < 1.29 is 32.6 Å². The molecule has 4 atom stereocenters. The minimum Gasteiger partial charge on any atom is -0.503 e. The van der Waals surface area contributed by atoms with Crippen LogP contribution in [0.5, 0.6) is 5.75 Å². The molecule has 1 fully saturated rings. The van der Waals surface area contributed by atoms with Gasteiger partial charge >= 0.3 is 0 Å². The second-order valence-corrected chi connectivity index (χ2v) is 8.66. The molecule has 1 aromatic heterocycles. The van der Waals surface area contributed by atoms with Crippen molar-refractivity contribution in [2.75, 3.05) is 13.7 Å². The fourth-order valence-corrected chi connectivity index (χ4v) is 4.60. The van der Waals surface area contributed by atoms with Gasteiger partial charge in [-0.2, -0.15) is 0 Å². The van der Waals surface area contributed by atoms with Crippen molar-refractivity contribution in [2.45, 2.75) is 51.2 Å². The number of nitrogens with one attached hydrogen (secondary N) is 1. The molecule has 2 bridgehead atoms. The molecule has 2 N–H and O–H groups in total. The quantitative estimate of drug-likeness (QED) is 0.701. The molecule has 0 saturated carbocycles. The van der Waals surface area contributed by atoms with Gasteiger partial charge in [0.2, 0.25) is 5.43 Å². The minimum absolute atomic E-state index is 0.0358. The summed E-state index contributed by atoms with van der Waals surface area (Å²) in [6, 6.07) is 0.738. The van der Waals surface area contributed by atoms with E-state index in [2.05, 4.69) is 5.32 Å². The van der Waals surface area contributed by atoms with Crippen molar-refractivity contribution >= 4 is 11.8 Å². The van der Waals surface area contributed by atoms with Crippen LogP contribution >= 0.6 is 0 Å². The van der Waals surface area contributed by atoms with Gasteiger partial charge < -0.3 is 24.6 Å². The Kier molecular flexibility index (Phi) is 6.15. The van der Waals surface area contributed by atoms with Gasteiger partial charge in [0.1, 0.15) is 23.4 Å². The molecule has 182 valence electrons. The summed E-state index contributed by atoms with van der Waals surface area (Å²) in [6.45, 7) is 2.56. The predicted octanol–water partition coefficient (Wildman–Crippen LogP) is 2.21. The Bertz CT molecular complexity index is 1210. The average Bonchev–Trinajstić information content (AvgIpc) is 2.88. The van der Waals surface area contributed by atoms with Gasteiger partial charge in [-0.3, -0.25) is 14.4 Å². The Balaban J connectivity index is 1.73. The SMILES string of the molecule is CO[C@@H]1C[C@H](F)[C@H](C)N2C[C@H]1n1cc(C(=O)NCc3c(F)cc(C)cc3F)c(=O)c(O)c1C2=O. The summed E-state index contributed by atoms with van der Waals surface area (Å²) in [4.78, 5) is 39.8. The molecule has 2 aliphatic heterocycles. The normalized spacial score (nSPS) is 23.9. The highest BCUT2D eigenvalue weighted by atomic mass is 19.1. The number of aromatic hydroxyl groups is 1. The number of nitrogens with zero attached hydrogens (tertiary/aromatic N) is 2. The number of benzene rings is 1. The van der Waals surface area contributed by atoms with Gasteiger partial charge in [0.05, 0.1) is 18.2 Å². The van der Waals surface area contributed by atoms with Crippen LogP contribution in [0.2, 0.25) is 0 Å². The first kappa shape index (κ1) is 23.8. The van der Waals surface area contributed by atoms with Crippen LogP contribution in [-0.4, -0.2) is 58.4 Å². The summed E-state index contributed by atoms with van der Waals surface area (Å²) in [5.41, 5.74) is -2.04. The topological polar surface area (TPSA) is 101 Å². The number of hydrogen-bond donors (Lipinski definition) is 2. The molecule has 0 spiro atoms. The number of alkyl halides is 1. The number of ether oxygens (including phenoxy) is 1. The number of carbonyl (C=O) groups is 2. The van der Waals surface area contributed by atoms with Crippen LogP contribution in [0.25, 0.3) is 0 Å². The van der Waals surface area contributed by atoms with Gasteiger partial charge in [0.25, 0.3) is 11.8 Å². The van der Waals surface area contributed by atoms with Crippen molar-refractivity contribution in [1.82, 2.24) is 14.8 Å². The number of rotatable bonds is 4. The average molecular weight is 479 g/mol. The lowest BCUT2D eigenvalue weighted by Crippen LogP contribution is -2.50. The van der Waals surface area contributed by atoms with E-state index < -0.39 is 76.7 Å². The highest BCUT2D eigenvalue weighted by Crippen LogP contribution is 2.36. The van der Waals surface area contributed by atoms with Crippen LogP contribution in [0.4, 0.5) is 13.2 Å². The van der Waals surface area contributed by atoms with Gasteiger partial charge in [0.15, 0.2) is 11.4 Å². The van der Waals surface area contributed by atoms with E-state index in [1.54, 1.807) is 0 Å². The number of aryl methyl sites for hydroxylation is 1. The van der Waals surface area contributed by atoms with E-state index in [1.165, 1.54) is 30.4 Å². The summed E-state index contributed by atoms with van der Waals surface area (Å²) in [5, 5.41) is 12.9. The predicted molar refractivity (Wildman–Crippen MR) is 114 cm³/mol. The molecule has 34 heavy (non-hydrogen) atoms. The summed E-state index contributed by atoms with van der Waals surface area (Å²) in [7, 11) is 1.38. The molecular formula is C23H24F3N3O5. The molecule has 2 aromatic rings. The Morgan fingerprint density at radius 1 is 1.26 bits per heavy atom. The van der Waals surface area contributed by atoms with E-state index in [4.69, 9.17) is 4.74 Å². The van der Waals surface area contributed by atoms with Gasteiger partial charge in [-0.15, -0.1) is 0 Å². The van der Waals surface area contributed by atoms with Crippen LogP contribution in [0.1, 0.15) is 51.4 Å². The molecule has 8 nitrogen and oxygen atoms in total. The van der Waals surface area contributed by atoms with E-state index in [0.29, 0.717) is 5.56 Å². The molecule has 0 radical (unpaired) electrons. The number of hydrogen-bond acceptors (Lipinski definition) is 5. The first-order valence-corrected chi connectivity index (χ1v) is 10.7. The highest BCUT2D eigenvalue weighted by molar-refractivity contribution is 5.99. The zero-order valence-corrected chi connectivity index (χ0v) is 18.8. The van der Waals surface area contributed by atoms with E-state index in [9.17, 15) is 32.7 Å². The monoisotopic (exact) mass is 479 g/mol. The van der Waals surface area contributed by atoms with Crippen molar-refractivity contribution in [3.8, 4) is 5.75 Å². The lowest BCUT2D eigenvalue weighted by Gasteiger charge is -2.38. The molecule has 0 unspecified atom stereocenters. The van der Waals surface area contributed by atoms with Gasteiger partial charge in [-0.05, 0) is 31.5 Å². The van der Waals surface area contributed by atoms with Crippen LogP contribution in [0.3, 0.4) is 0 Å². The lowest BCUT2D eigenvalue weighted by atomic mass is 10.0. The smallest absolute Gasteiger partial charge is 0.274 e. The van der Waals surface area contributed by atoms with Crippen LogP contribution in [0.15, 0.2) is 23.1 Å². The Hall–Kier alpha value is -3.34. The number of amides is 2. The first-order chi connectivity index (χ1) is 16.0. The zero-order valence-electron chi connectivity index (χ0n) is 18.8. The van der Waals surface area contributed by atoms with E-state index >= 15 is 0 Å². The maximum absolute atomic E-state index is 14.7. The van der Waals surface area contributed by atoms with E-state index in [-0.39, 0.29) is 18.7 Å². The molecule has 2 amide bonds. The summed E-state index contributed by atoms with van der Waals surface area (Å²) in [5.74, 6) is -4.41. The molecule has 4 rings (SSSR count). The fraction of sp³-hybridized carbons (Fsp3) is 0.435. The van der Waals surface area contributed by atoms with E-state index in [1.807, 2.05) is 0 Å². The first-order valence-electron chi connectivity index (χ1n) is 10.7. The fourth-order valence-electron chi connectivity index (χ4n) is 4.60. The second-order valence-electron chi connectivity index (χ2n) is 8.66. The number of methoxy groups -OCH3 is 1. The number of fused-ring (bicyclic) bond motifs is 4.